The minimum Gasteiger partial charge on any atom is -0.330 e. The van der Waals surface area contributed by atoms with Gasteiger partial charge in [0.25, 0.3) is 0 Å². The highest BCUT2D eigenvalue weighted by molar-refractivity contribution is 5.75. The normalized spacial score (nSPS) is 17.0. The van der Waals surface area contributed by atoms with Crippen molar-refractivity contribution in [3.8, 4) is 0 Å². The zero-order chi connectivity index (χ0) is 12.3. The van der Waals surface area contributed by atoms with Crippen LogP contribution in [0.1, 0.15) is 64.2 Å². The van der Waals surface area contributed by atoms with E-state index in [1.54, 1.807) is 0 Å². The molecule has 17 heavy (non-hydrogen) atoms. The summed E-state index contributed by atoms with van der Waals surface area (Å²) in [6, 6.07) is 0.491. The van der Waals surface area contributed by atoms with Crippen LogP contribution in [0.3, 0.4) is 0 Å². The van der Waals surface area contributed by atoms with Gasteiger partial charge in [-0.05, 0) is 32.2 Å². The molecular formula is C13H27N3O. The van der Waals surface area contributed by atoms with E-state index in [4.69, 9.17) is 5.73 Å². The summed E-state index contributed by atoms with van der Waals surface area (Å²) in [6.45, 7) is 0.759. The van der Waals surface area contributed by atoms with Crippen LogP contribution in [0, 0.1) is 0 Å². The molecule has 0 unspecified atom stereocenters. The van der Waals surface area contributed by atoms with Gasteiger partial charge in [0.2, 0.25) is 5.91 Å². The molecule has 4 heteroatoms. The fourth-order valence-corrected chi connectivity index (χ4v) is 2.28. The SMILES string of the molecule is NCCCCCCC(=O)NNC1CCCCC1. The van der Waals surface area contributed by atoms with E-state index in [0.29, 0.717) is 12.5 Å². The van der Waals surface area contributed by atoms with Crippen LogP contribution in [0.5, 0.6) is 0 Å². The molecule has 1 amide bonds. The van der Waals surface area contributed by atoms with Gasteiger partial charge in [-0.15, -0.1) is 0 Å². The molecule has 0 heterocycles. The molecule has 1 saturated carbocycles. The highest BCUT2D eigenvalue weighted by Crippen LogP contribution is 2.16. The van der Waals surface area contributed by atoms with Gasteiger partial charge < -0.3 is 5.73 Å². The number of hydrazine groups is 1. The van der Waals surface area contributed by atoms with Crippen LogP contribution in [0.25, 0.3) is 0 Å². The van der Waals surface area contributed by atoms with E-state index in [1.807, 2.05) is 0 Å². The van der Waals surface area contributed by atoms with Crippen LogP contribution >= 0.6 is 0 Å². The van der Waals surface area contributed by atoms with Crippen molar-refractivity contribution in [1.82, 2.24) is 10.9 Å². The first-order valence-electron chi connectivity index (χ1n) is 7.07. The van der Waals surface area contributed by atoms with Crippen LogP contribution < -0.4 is 16.6 Å². The van der Waals surface area contributed by atoms with Gasteiger partial charge in [0.15, 0.2) is 0 Å². The average Bonchev–Trinajstić information content (AvgIpc) is 2.37. The van der Waals surface area contributed by atoms with Crippen LogP contribution in [0.2, 0.25) is 0 Å². The van der Waals surface area contributed by atoms with Gasteiger partial charge in [-0.2, -0.15) is 0 Å². The van der Waals surface area contributed by atoms with Crippen molar-refractivity contribution in [3.63, 3.8) is 0 Å². The zero-order valence-corrected chi connectivity index (χ0v) is 10.8. The fraction of sp³-hybridized carbons (Fsp3) is 0.923. The van der Waals surface area contributed by atoms with E-state index < -0.39 is 0 Å². The predicted molar refractivity (Wildman–Crippen MR) is 70.3 cm³/mol. The number of hydrogen-bond donors (Lipinski definition) is 3. The predicted octanol–water partition coefficient (Wildman–Crippen LogP) is 1.85. The Morgan fingerprint density at radius 2 is 1.76 bits per heavy atom. The average molecular weight is 241 g/mol. The van der Waals surface area contributed by atoms with E-state index in [-0.39, 0.29) is 5.91 Å². The Bertz CT molecular complexity index is 203. The standard InChI is InChI=1S/C13H27N3O/c14-11-7-2-1-6-10-13(17)16-15-12-8-4-3-5-9-12/h12,15H,1-11,14H2,(H,16,17). The molecule has 100 valence electrons. The first kappa shape index (κ1) is 14.5. The number of rotatable bonds is 8. The van der Waals surface area contributed by atoms with Gasteiger partial charge in [0, 0.05) is 12.5 Å². The maximum Gasteiger partial charge on any atom is 0.234 e. The van der Waals surface area contributed by atoms with Crippen molar-refractivity contribution in [2.75, 3.05) is 6.54 Å². The number of amides is 1. The molecule has 0 radical (unpaired) electrons. The summed E-state index contributed by atoms with van der Waals surface area (Å²) in [6.07, 6.45) is 11.2. The van der Waals surface area contributed by atoms with Crippen LogP contribution in [0.15, 0.2) is 0 Å². The molecule has 0 aliphatic heterocycles. The second-order valence-corrected chi connectivity index (χ2v) is 4.98. The summed E-state index contributed by atoms with van der Waals surface area (Å²) in [7, 11) is 0. The molecule has 1 aliphatic carbocycles. The second kappa shape index (κ2) is 9.42. The minimum absolute atomic E-state index is 0.128. The Morgan fingerprint density at radius 3 is 2.47 bits per heavy atom. The number of carbonyl (C=O) groups is 1. The molecule has 0 aromatic carbocycles. The molecule has 0 atom stereocenters. The van der Waals surface area contributed by atoms with Gasteiger partial charge in [-0.1, -0.05) is 32.1 Å². The number of carbonyl (C=O) groups excluding carboxylic acids is 1. The molecule has 1 fully saturated rings. The van der Waals surface area contributed by atoms with Crippen LogP contribution in [0.4, 0.5) is 0 Å². The van der Waals surface area contributed by atoms with Gasteiger partial charge >= 0.3 is 0 Å². The lowest BCUT2D eigenvalue weighted by atomic mass is 9.96. The van der Waals surface area contributed by atoms with E-state index in [0.717, 1.165) is 32.2 Å². The van der Waals surface area contributed by atoms with Gasteiger partial charge in [-0.3, -0.25) is 10.2 Å². The van der Waals surface area contributed by atoms with Crippen LogP contribution in [-0.4, -0.2) is 18.5 Å². The lowest BCUT2D eigenvalue weighted by molar-refractivity contribution is -0.122. The third-order valence-corrected chi connectivity index (χ3v) is 3.38. The third kappa shape index (κ3) is 7.34. The summed E-state index contributed by atoms with van der Waals surface area (Å²) in [5.41, 5.74) is 11.4. The smallest absolute Gasteiger partial charge is 0.234 e. The largest absolute Gasteiger partial charge is 0.330 e. The van der Waals surface area contributed by atoms with E-state index in [2.05, 4.69) is 10.9 Å². The Morgan fingerprint density at radius 1 is 1.06 bits per heavy atom. The van der Waals surface area contributed by atoms with Crippen molar-refractivity contribution in [1.29, 1.82) is 0 Å². The summed E-state index contributed by atoms with van der Waals surface area (Å²) >= 11 is 0. The quantitative estimate of drug-likeness (QED) is 0.449. The van der Waals surface area contributed by atoms with E-state index >= 15 is 0 Å². The first-order valence-corrected chi connectivity index (χ1v) is 7.07. The van der Waals surface area contributed by atoms with Gasteiger partial charge in [0.1, 0.15) is 0 Å². The third-order valence-electron chi connectivity index (χ3n) is 3.38. The number of nitrogens with one attached hydrogen (secondary N) is 2. The molecule has 1 aliphatic rings. The van der Waals surface area contributed by atoms with Crippen molar-refractivity contribution in [3.05, 3.63) is 0 Å². The molecule has 1 rings (SSSR count). The highest BCUT2D eigenvalue weighted by Gasteiger charge is 2.13. The van der Waals surface area contributed by atoms with Crippen molar-refractivity contribution in [2.45, 2.75) is 70.3 Å². The Labute approximate surface area is 105 Å². The molecule has 0 aromatic rings. The van der Waals surface area contributed by atoms with Gasteiger partial charge in [0.05, 0.1) is 0 Å². The molecule has 0 bridgehead atoms. The van der Waals surface area contributed by atoms with E-state index in [1.165, 1.54) is 32.1 Å². The monoisotopic (exact) mass is 241 g/mol. The lowest BCUT2D eigenvalue weighted by Gasteiger charge is -2.22. The molecule has 4 nitrogen and oxygen atoms in total. The van der Waals surface area contributed by atoms with Crippen LogP contribution in [-0.2, 0) is 4.79 Å². The lowest BCUT2D eigenvalue weighted by Crippen LogP contribution is -2.45. The summed E-state index contributed by atoms with van der Waals surface area (Å²) < 4.78 is 0. The summed E-state index contributed by atoms with van der Waals surface area (Å²) in [4.78, 5) is 11.5. The van der Waals surface area contributed by atoms with E-state index in [9.17, 15) is 4.79 Å². The molecule has 0 saturated heterocycles. The van der Waals surface area contributed by atoms with Crippen molar-refractivity contribution < 1.29 is 4.79 Å². The molecule has 4 N–H and O–H groups in total. The summed E-state index contributed by atoms with van der Waals surface area (Å²) in [5.74, 6) is 0.128. The number of hydrogen-bond acceptors (Lipinski definition) is 3. The zero-order valence-electron chi connectivity index (χ0n) is 10.8. The van der Waals surface area contributed by atoms with Gasteiger partial charge in [-0.25, -0.2) is 5.43 Å². The second-order valence-electron chi connectivity index (χ2n) is 4.98. The Kier molecular flexibility index (Phi) is 8.01. The maximum absolute atomic E-state index is 11.5. The first-order chi connectivity index (χ1) is 8.33. The minimum atomic E-state index is 0.128. The number of unbranched alkanes of at least 4 members (excludes halogenated alkanes) is 3. The highest BCUT2D eigenvalue weighted by atomic mass is 16.2. The molecule has 0 spiro atoms. The molecular weight excluding hydrogens is 214 g/mol. The Balaban J connectivity index is 1.93. The van der Waals surface area contributed by atoms with Crippen molar-refractivity contribution in [2.24, 2.45) is 5.73 Å². The topological polar surface area (TPSA) is 67.2 Å². The maximum atomic E-state index is 11.5. The fourth-order valence-electron chi connectivity index (χ4n) is 2.28. The molecule has 0 aromatic heterocycles. The summed E-state index contributed by atoms with van der Waals surface area (Å²) in [5, 5.41) is 0. The number of nitrogens with two attached hydrogens (primary N) is 1. The van der Waals surface area contributed by atoms with Crippen molar-refractivity contribution >= 4 is 5.91 Å². The Hall–Kier alpha value is -0.610.